The molecule has 1 aromatic heterocycles. The molecule has 1 N–H and O–H groups in total. The highest BCUT2D eigenvalue weighted by Crippen LogP contribution is 2.29. The molecule has 1 amide bonds. The molecule has 104 valence electrons. The van der Waals surface area contributed by atoms with Crippen LogP contribution in [0.3, 0.4) is 0 Å². The van der Waals surface area contributed by atoms with Gasteiger partial charge in [-0.3, -0.25) is 4.79 Å². The summed E-state index contributed by atoms with van der Waals surface area (Å²) in [6.45, 7) is 2.66. The van der Waals surface area contributed by atoms with Crippen molar-refractivity contribution in [3.05, 3.63) is 29.7 Å². The number of benzene rings is 1. The Bertz CT molecular complexity index is 618. The molecule has 6 nitrogen and oxygen atoms in total. The average molecular weight is 273 g/mol. The molecule has 0 saturated carbocycles. The lowest BCUT2D eigenvalue weighted by molar-refractivity contribution is -0.105. The first-order valence-electron chi connectivity index (χ1n) is 6.54. The van der Waals surface area contributed by atoms with Gasteiger partial charge in [0.1, 0.15) is 6.10 Å². The first-order valence-corrected chi connectivity index (χ1v) is 6.54. The normalized spacial score (nSPS) is 18.1. The van der Waals surface area contributed by atoms with Gasteiger partial charge in [0.25, 0.3) is 5.89 Å². The molecule has 0 bridgehead atoms. The van der Waals surface area contributed by atoms with Gasteiger partial charge in [-0.1, -0.05) is 17.3 Å². The number of carbonyl (C=O) groups is 1. The van der Waals surface area contributed by atoms with Crippen molar-refractivity contribution in [1.29, 1.82) is 0 Å². The lowest BCUT2D eigenvalue weighted by Gasteiger charge is -2.05. The van der Waals surface area contributed by atoms with Crippen LogP contribution in [0.1, 0.15) is 30.4 Å². The molecule has 0 spiro atoms. The fourth-order valence-corrected chi connectivity index (χ4v) is 2.24. The number of amides is 1. The molecule has 1 unspecified atom stereocenters. The number of nitrogens with zero attached hydrogens (tertiary/aromatic N) is 2. The monoisotopic (exact) mass is 273 g/mol. The van der Waals surface area contributed by atoms with E-state index in [0.717, 1.165) is 36.3 Å². The first-order chi connectivity index (χ1) is 9.78. The van der Waals surface area contributed by atoms with Crippen LogP contribution in [0.5, 0.6) is 0 Å². The molecule has 3 rings (SSSR count). The van der Waals surface area contributed by atoms with Crippen LogP contribution < -0.4 is 5.32 Å². The number of hydrogen-bond acceptors (Lipinski definition) is 5. The Kier molecular flexibility index (Phi) is 3.47. The van der Waals surface area contributed by atoms with Gasteiger partial charge < -0.3 is 14.6 Å². The number of anilines is 1. The zero-order chi connectivity index (χ0) is 13.9. The summed E-state index contributed by atoms with van der Waals surface area (Å²) in [4.78, 5) is 14.9. The van der Waals surface area contributed by atoms with Crippen LogP contribution in [0.15, 0.2) is 22.7 Å². The van der Waals surface area contributed by atoms with Crippen LogP contribution in [0.25, 0.3) is 11.4 Å². The van der Waals surface area contributed by atoms with Crippen molar-refractivity contribution in [3.8, 4) is 11.4 Å². The van der Waals surface area contributed by atoms with E-state index in [2.05, 4.69) is 15.5 Å². The number of ether oxygens (including phenoxy) is 1. The molecular weight excluding hydrogens is 258 g/mol. The van der Waals surface area contributed by atoms with E-state index in [0.29, 0.717) is 18.1 Å². The second-order valence-corrected chi connectivity index (χ2v) is 4.75. The quantitative estimate of drug-likeness (QED) is 0.866. The topological polar surface area (TPSA) is 77.2 Å². The summed E-state index contributed by atoms with van der Waals surface area (Å²) in [5, 5.41) is 6.64. The molecule has 1 aliphatic rings. The molecule has 2 aromatic rings. The second kappa shape index (κ2) is 5.42. The van der Waals surface area contributed by atoms with Crippen LogP contribution in [0, 0.1) is 6.92 Å². The average Bonchev–Trinajstić information content (AvgIpc) is 3.11. The van der Waals surface area contributed by atoms with Crippen LogP contribution >= 0.6 is 0 Å². The Morgan fingerprint density at radius 3 is 3.10 bits per heavy atom. The Hall–Kier alpha value is -2.21. The summed E-state index contributed by atoms with van der Waals surface area (Å²) in [6.07, 6.45) is 2.49. The summed E-state index contributed by atoms with van der Waals surface area (Å²) in [7, 11) is 0. The van der Waals surface area contributed by atoms with Crippen LogP contribution in [0.4, 0.5) is 5.69 Å². The number of aryl methyl sites for hydroxylation is 1. The molecule has 1 aliphatic heterocycles. The SMILES string of the molecule is Cc1ccc(-c2noc(C3CCCO3)n2)cc1NC=O. The summed E-state index contributed by atoms with van der Waals surface area (Å²) in [6, 6.07) is 5.63. The van der Waals surface area contributed by atoms with Crippen LogP contribution in [-0.2, 0) is 9.53 Å². The zero-order valence-corrected chi connectivity index (χ0v) is 11.1. The van der Waals surface area contributed by atoms with Crippen molar-refractivity contribution >= 4 is 12.1 Å². The number of aromatic nitrogens is 2. The fraction of sp³-hybridized carbons (Fsp3) is 0.357. The predicted octanol–water partition coefficient (Wildman–Crippen LogP) is 2.46. The van der Waals surface area contributed by atoms with E-state index in [1.807, 2.05) is 25.1 Å². The second-order valence-electron chi connectivity index (χ2n) is 4.75. The largest absolute Gasteiger partial charge is 0.368 e. The smallest absolute Gasteiger partial charge is 0.256 e. The summed E-state index contributed by atoms with van der Waals surface area (Å²) in [5.41, 5.74) is 2.51. The van der Waals surface area contributed by atoms with Gasteiger partial charge in [-0.15, -0.1) is 0 Å². The Labute approximate surface area is 116 Å². The van der Waals surface area contributed by atoms with Crippen molar-refractivity contribution in [3.63, 3.8) is 0 Å². The minimum Gasteiger partial charge on any atom is -0.368 e. The summed E-state index contributed by atoms with van der Waals surface area (Å²) < 4.78 is 10.8. The lowest BCUT2D eigenvalue weighted by atomic mass is 10.1. The van der Waals surface area contributed by atoms with Gasteiger partial charge in [0.05, 0.1) is 0 Å². The standard InChI is InChI=1S/C14H15N3O3/c1-9-4-5-10(7-11(9)15-8-18)13-16-14(20-17-13)12-3-2-6-19-12/h4-5,7-8,12H,2-3,6H2,1H3,(H,15,18). The van der Waals surface area contributed by atoms with Crippen molar-refractivity contribution in [2.75, 3.05) is 11.9 Å². The Balaban J connectivity index is 1.88. The highest BCUT2D eigenvalue weighted by Gasteiger charge is 2.24. The van der Waals surface area contributed by atoms with E-state index in [1.54, 1.807) is 0 Å². The minimum atomic E-state index is -0.0886. The Morgan fingerprint density at radius 1 is 1.45 bits per heavy atom. The van der Waals surface area contributed by atoms with E-state index < -0.39 is 0 Å². The van der Waals surface area contributed by atoms with E-state index in [-0.39, 0.29) is 6.10 Å². The molecule has 1 saturated heterocycles. The Morgan fingerprint density at radius 2 is 2.35 bits per heavy atom. The van der Waals surface area contributed by atoms with Crippen molar-refractivity contribution in [1.82, 2.24) is 10.1 Å². The maximum absolute atomic E-state index is 10.6. The highest BCUT2D eigenvalue weighted by atomic mass is 16.5. The van der Waals surface area contributed by atoms with E-state index in [9.17, 15) is 4.79 Å². The maximum atomic E-state index is 10.6. The minimum absolute atomic E-state index is 0.0886. The van der Waals surface area contributed by atoms with Gasteiger partial charge in [0.15, 0.2) is 0 Å². The van der Waals surface area contributed by atoms with Gasteiger partial charge in [-0.05, 0) is 31.4 Å². The van der Waals surface area contributed by atoms with E-state index in [4.69, 9.17) is 9.26 Å². The number of carbonyl (C=O) groups excluding carboxylic acids is 1. The van der Waals surface area contributed by atoms with Gasteiger partial charge in [-0.2, -0.15) is 4.98 Å². The first kappa shape index (κ1) is 12.8. The molecule has 20 heavy (non-hydrogen) atoms. The van der Waals surface area contributed by atoms with Crippen LogP contribution in [0.2, 0.25) is 0 Å². The van der Waals surface area contributed by atoms with Crippen molar-refractivity contribution < 1.29 is 14.1 Å². The molecular formula is C14H15N3O3. The molecule has 1 aromatic carbocycles. The van der Waals surface area contributed by atoms with Crippen LogP contribution in [-0.4, -0.2) is 23.2 Å². The van der Waals surface area contributed by atoms with Gasteiger partial charge in [0.2, 0.25) is 12.2 Å². The van der Waals surface area contributed by atoms with Gasteiger partial charge in [-0.25, -0.2) is 0 Å². The van der Waals surface area contributed by atoms with Gasteiger partial charge >= 0.3 is 0 Å². The fourth-order valence-electron chi connectivity index (χ4n) is 2.24. The van der Waals surface area contributed by atoms with Crippen molar-refractivity contribution in [2.45, 2.75) is 25.9 Å². The summed E-state index contributed by atoms with van der Waals surface area (Å²) >= 11 is 0. The van der Waals surface area contributed by atoms with Crippen molar-refractivity contribution in [2.24, 2.45) is 0 Å². The third-order valence-corrected chi connectivity index (χ3v) is 3.36. The molecule has 1 fully saturated rings. The third kappa shape index (κ3) is 2.42. The molecule has 0 radical (unpaired) electrons. The highest BCUT2D eigenvalue weighted by molar-refractivity contribution is 5.76. The maximum Gasteiger partial charge on any atom is 0.256 e. The number of rotatable bonds is 4. The third-order valence-electron chi connectivity index (χ3n) is 3.36. The predicted molar refractivity (Wildman–Crippen MR) is 72.1 cm³/mol. The zero-order valence-electron chi connectivity index (χ0n) is 11.1. The van der Waals surface area contributed by atoms with E-state index in [1.165, 1.54) is 0 Å². The van der Waals surface area contributed by atoms with Gasteiger partial charge in [0, 0.05) is 17.9 Å². The summed E-state index contributed by atoms with van der Waals surface area (Å²) in [5.74, 6) is 1.02. The molecule has 2 heterocycles. The number of nitrogens with one attached hydrogen (secondary N) is 1. The lowest BCUT2D eigenvalue weighted by Crippen LogP contribution is -1.97. The molecule has 6 heteroatoms. The molecule has 1 atom stereocenters. The van der Waals surface area contributed by atoms with E-state index >= 15 is 0 Å². The molecule has 0 aliphatic carbocycles. The number of hydrogen-bond donors (Lipinski definition) is 1.